The first kappa shape index (κ1) is 12.8. The molecule has 0 amide bonds. The number of hydrogen-bond donors (Lipinski definition) is 0. The first-order chi connectivity index (χ1) is 8.50. The highest BCUT2D eigenvalue weighted by atomic mass is 35.5. The molecule has 2 rings (SSSR count). The van der Waals surface area contributed by atoms with Crippen molar-refractivity contribution in [2.45, 2.75) is 12.1 Å². The van der Waals surface area contributed by atoms with E-state index in [1.165, 1.54) is 12.4 Å². The summed E-state index contributed by atoms with van der Waals surface area (Å²) in [4.78, 5) is 7.64. The van der Waals surface area contributed by atoms with Crippen LogP contribution in [-0.2, 0) is 12.1 Å². The van der Waals surface area contributed by atoms with Crippen LogP contribution in [0.5, 0.6) is 0 Å². The fourth-order valence-corrected chi connectivity index (χ4v) is 1.57. The Morgan fingerprint density at radius 3 is 2.44 bits per heavy atom. The Kier molecular flexibility index (Phi) is 3.52. The smallest absolute Gasteiger partial charge is 0.263 e. The van der Waals surface area contributed by atoms with Crippen molar-refractivity contribution < 1.29 is 13.2 Å². The molecule has 0 unspecified atom stereocenters. The SMILES string of the molecule is FC(F)(F)c1cncc(-c2ccc(CCl)cn2)c1. The summed E-state index contributed by atoms with van der Waals surface area (Å²) >= 11 is 5.61. The number of alkyl halides is 4. The van der Waals surface area contributed by atoms with Gasteiger partial charge in [0.1, 0.15) is 0 Å². The molecule has 0 fully saturated rings. The van der Waals surface area contributed by atoms with Crippen LogP contribution in [0.1, 0.15) is 11.1 Å². The van der Waals surface area contributed by atoms with Crippen LogP contribution in [0, 0.1) is 0 Å². The number of hydrogen-bond acceptors (Lipinski definition) is 2. The maximum Gasteiger partial charge on any atom is 0.417 e. The van der Waals surface area contributed by atoms with Crippen LogP contribution in [0.25, 0.3) is 11.3 Å². The molecule has 2 aromatic rings. The van der Waals surface area contributed by atoms with Gasteiger partial charge in [0.2, 0.25) is 0 Å². The van der Waals surface area contributed by atoms with Crippen molar-refractivity contribution in [3.05, 3.63) is 47.9 Å². The second-order valence-corrected chi connectivity index (χ2v) is 3.91. The highest BCUT2D eigenvalue weighted by Gasteiger charge is 2.31. The fourth-order valence-electron chi connectivity index (χ4n) is 1.41. The maximum atomic E-state index is 12.5. The van der Waals surface area contributed by atoms with E-state index < -0.39 is 11.7 Å². The molecular weight excluding hydrogens is 265 g/mol. The monoisotopic (exact) mass is 272 g/mol. The summed E-state index contributed by atoms with van der Waals surface area (Å²) in [6.45, 7) is 0. The van der Waals surface area contributed by atoms with Crippen molar-refractivity contribution in [1.29, 1.82) is 0 Å². The number of aromatic nitrogens is 2. The first-order valence-corrected chi connectivity index (χ1v) is 5.57. The van der Waals surface area contributed by atoms with Crippen LogP contribution >= 0.6 is 11.6 Å². The molecule has 0 radical (unpaired) electrons. The summed E-state index contributed by atoms with van der Waals surface area (Å²) < 4.78 is 37.6. The Morgan fingerprint density at radius 1 is 1.11 bits per heavy atom. The van der Waals surface area contributed by atoms with E-state index in [0.29, 0.717) is 17.1 Å². The Labute approximate surface area is 106 Å². The van der Waals surface area contributed by atoms with E-state index >= 15 is 0 Å². The van der Waals surface area contributed by atoms with Crippen molar-refractivity contribution in [3.8, 4) is 11.3 Å². The molecule has 0 saturated heterocycles. The molecular formula is C12H8ClF3N2. The Bertz CT molecular complexity index is 538. The Balaban J connectivity index is 2.38. The van der Waals surface area contributed by atoms with Gasteiger partial charge in [-0.1, -0.05) is 6.07 Å². The van der Waals surface area contributed by atoms with Crippen LogP contribution in [-0.4, -0.2) is 9.97 Å². The zero-order chi connectivity index (χ0) is 13.2. The van der Waals surface area contributed by atoms with E-state index in [1.807, 2.05) is 0 Å². The van der Waals surface area contributed by atoms with E-state index in [2.05, 4.69) is 9.97 Å². The third-order valence-corrected chi connectivity index (χ3v) is 2.65. The molecule has 0 spiro atoms. The third-order valence-electron chi connectivity index (χ3n) is 2.34. The van der Waals surface area contributed by atoms with Crippen molar-refractivity contribution in [2.24, 2.45) is 0 Å². The van der Waals surface area contributed by atoms with E-state index in [-0.39, 0.29) is 0 Å². The number of rotatable bonds is 2. The van der Waals surface area contributed by atoms with Crippen molar-refractivity contribution in [3.63, 3.8) is 0 Å². The summed E-state index contributed by atoms with van der Waals surface area (Å²) in [7, 11) is 0. The molecule has 0 aliphatic carbocycles. The zero-order valence-corrected chi connectivity index (χ0v) is 9.83. The first-order valence-electron chi connectivity index (χ1n) is 5.04. The molecule has 0 bridgehead atoms. The van der Waals surface area contributed by atoms with Crippen molar-refractivity contribution >= 4 is 11.6 Å². The van der Waals surface area contributed by atoms with Gasteiger partial charge >= 0.3 is 6.18 Å². The molecule has 0 saturated carbocycles. The minimum atomic E-state index is -4.40. The highest BCUT2D eigenvalue weighted by molar-refractivity contribution is 6.17. The third kappa shape index (κ3) is 2.79. The maximum absolute atomic E-state index is 12.5. The molecule has 0 aliphatic heterocycles. The lowest BCUT2D eigenvalue weighted by molar-refractivity contribution is -0.137. The van der Waals surface area contributed by atoms with Gasteiger partial charge in [-0.25, -0.2) is 0 Å². The average Bonchev–Trinajstić information content (AvgIpc) is 2.38. The van der Waals surface area contributed by atoms with E-state index in [1.54, 1.807) is 12.1 Å². The summed E-state index contributed by atoms with van der Waals surface area (Å²) in [5.74, 6) is 0.314. The van der Waals surface area contributed by atoms with Crippen LogP contribution in [0.3, 0.4) is 0 Å². The van der Waals surface area contributed by atoms with Gasteiger partial charge in [-0.05, 0) is 17.7 Å². The Hall–Kier alpha value is -1.62. The summed E-state index contributed by atoms with van der Waals surface area (Å²) in [6.07, 6.45) is -0.740. The summed E-state index contributed by atoms with van der Waals surface area (Å²) in [6, 6.07) is 4.36. The lowest BCUT2D eigenvalue weighted by Gasteiger charge is -2.07. The van der Waals surface area contributed by atoms with Crippen LogP contribution in [0.4, 0.5) is 13.2 Å². The van der Waals surface area contributed by atoms with Gasteiger partial charge in [0, 0.05) is 30.0 Å². The minimum Gasteiger partial charge on any atom is -0.263 e. The molecule has 0 N–H and O–H groups in total. The molecule has 2 aromatic heterocycles. The van der Waals surface area contributed by atoms with Crippen molar-refractivity contribution in [1.82, 2.24) is 9.97 Å². The quantitative estimate of drug-likeness (QED) is 0.775. The second kappa shape index (κ2) is 4.94. The Morgan fingerprint density at radius 2 is 1.89 bits per heavy atom. The van der Waals surface area contributed by atoms with Gasteiger partial charge in [-0.2, -0.15) is 13.2 Å². The molecule has 0 atom stereocenters. The molecule has 2 nitrogen and oxygen atoms in total. The van der Waals surface area contributed by atoms with Gasteiger partial charge in [-0.3, -0.25) is 9.97 Å². The molecule has 6 heteroatoms. The van der Waals surface area contributed by atoms with Crippen molar-refractivity contribution in [2.75, 3.05) is 0 Å². The van der Waals surface area contributed by atoms with E-state index in [0.717, 1.165) is 17.8 Å². The molecule has 2 heterocycles. The summed E-state index contributed by atoms with van der Waals surface area (Å²) in [5.41, 5.74) is 0.775. The lowest BCUT2D eigenvalue weighted by atomic mass is 10.1. The predicted octanol–water partition coefficient (Wildman–Crippen LogP) is 3.90. The van der Waals surface area contributed by atoms with Gasteiger partial charge in [0.15, 0.2) is 0 Å². The number of nitrogens with zero attached hydrogens (tertiary/aromatic N) is 2. The minimum absolute atomic E-state index is 0.314. The highest BCUT2D eigenvalue weighted by Crippen LogP contribution is 2.30. The van der Waals surface area contributed by atoms with E-state index in [9.17, 15) is 13.2 Å². The molecule has 94 valence electrons. The van der Waals surface area contributed by atoms with Gasteiger partial charge < -0.3 is 0 Å². The second-order valence-electron chi connectivity index (χ2n) is 3.65. The summed E-state index contributed by atoms with van der Waals surface area (Å²) in [5, 5.41) is 0. The number of halogens is 4. The van der Waals surface area contributed by atoms with E-state index in [4.69, 9.17) is 11.6 Å². The largest absolute Gasteiger partial charge is 0.417 e. The normalized spacial score (nSPS) is 11.6. The standard InChI is InChI=1S/C12H8ClF3N2/c13-4-8-1-2-11(18-5-8)9-3-10(7-17-6-9)12(14,15)16/h1-3,5-7H,4H2. The average molecular weight is 273 g/mol. The lowest BCUT2D eigenvalue weighted by Crippen LogP contribution is -2.05. The van der Waals surface area contributed by atoms with Gasteiger partial charge in [0.25, 0.3) is 0 Å². The number of pyridine rings is 2. The molecule has 0 aromatic carbocycles. The van der Waals surface area contributed by atoms with Crippen LogP contribution in [0.2, 0.25) is 0 Å². The fraction of sp³-hybridized carbons (Fsp3) is 0.167. The zero-order valence-electron chi connectivity index (χ0n) is 9.08. The van der Waals surface area contributed by atoms with Gasteiger partial charge in [0.05, 0.1) is 11.3 Å². The topological polar surface area (TPSA) is 25.8 Å². The predicted molar refractivity (Wildman–Crippen MR) is 62.0 cm³/mol. The van der Waals surface area contributed by atoms with Crippen LogP contribution in [0.15, 0.2) is 36.8 Å². The molecule has 18 heavy (non-hydrogen) atoms. The molecule has 0 aliphatic rings. The van der Waals surface area contributed by atoms with Crippen LogP contribution < -0.4 is 0 Å². The van der Waals surface area contributed by atoms with Gasteiger partial charge in [-0.15, -0.1) is 11.6 Å².